The summed E-state index contributed by atoms with van der Waals surface area (Å²) in [4.78, 5) is 65.5. The van der Waals surface area contributed by atoms with E-state index in [2.05, 4.69) is 5.32 Å². The van der Waals surface area contributed by atoms with Gasteiger partial charge < -0.3 is 4.90 Å². The van der Waals surface area contributed by atoms with E-state index >= 15 is 0 Å². The maximum Gasteiger partial charge on any atom is 0.262 e. The molecular formula is C25H29N3O5. The van der Waals surface area contributed by atoms with Gasteiger partial charge in [0.15, 0.2) is 0 Å². The predicted octanol–water partition coefficient (Wildman–Crippen LogP) is 2.06. The average Bonchev–Trinajstić information content (AvgIpc) is 3.04. The highest BCUT2D eigenvalue weighted by Crippen LogP contribution is 2.33. The lowest BCUT2D eigenvalue weighted by Crippen LogP contribution is -2.54. The van der Waals surface area contributed by atoms with Gasteiger partial charge >= 0.3 is 0 Å². The molecule has 5 rings (SSSR count). The number of fused-ring (bicyclic) bond motifs is 1. The first-order valence-electron chi connectivity index (χ1n) is 12.1. The number of benzene rings is 1. The van der Waals surface area contributed by atoms with Gasteiger partial charge in [0.25, 0.3) is 11.8 Å². The summed E-state index contributed by atoms with van der Waals surface area (Å²) < 4.78 is 0. The normalized spacial score (nSPS) is 24.1. The van der Waals surface area contributed by atoms with E-state index in [4.69, 9.17) is 0 Å². The average molecular weight is 452 g/mol. The third-order valence-electron chi connectivity index (χ3n) is 7.60. The minimum atomic E-state index is -0.950. The molecule has 4 aliphatic rings. The molecular weight excluding hydrogens is 422 g/mol. The molecule has 1 atom stereocenters. The van der Waals surface area contributed by atoms with Crippen molar-refractivity contribution in [2.45, 2.75) is 63.8 Å². The Balaban J connectivity index is 1.22. The number of rotatable bonds is 5. The number of hydrogen-bond donors (Lipinski definition) is 1. The topological polar surface area (TPSA) is 104 Å². The van der Waals surface area contributed by atoms with E-state index in [1.54, 1.807) is 12.1 Å². The summed E-state index contributed by atoms with van der Waals surface area (Å²) in [6.45, 7) is 1.53. The molecule has 1 aromatic rings. The van der Waals surface area contributed by atoms with Crippen molar-refractivity contribution in [3.05, 3.63) is 34.9 Å². The number of aryl methyl sites for hydroxylation is 1. The van der Waals surface area contributed by atoms with E-state index in [-0.39, 0.29) is 24.7 Å². The van der Waals surface area contributed by atoms with Gasteiger partial charge in [0.2, 0.25) is 17.7 Å². The highest BCUT2D eigenvalue weighted by molar-refractivity contribution is 6.24. The van der Waals surface area contributed by atoms with Crippen molar-refractivity contribution in [2.24, 2.45) is 11.8 Å². The van der Waals surface area contributed by atoms with Crippen molar-refractivity contribution in [3.63, 3.8) is 0 Å². The van der Waals surface area contributed by atoms with E-state index in [0.29, 0.717) is 29.4 Å². The van der Waals surface area contributed by atoms with Gasteiger partial charge in [-0.1, -0.05) is 31.4 Å². The van der Waals surface area contributed by atoms with Gasteiger partial charge in [-0.05, 0) is 49.7 Å². The second-order valence-electron chi connectivity index (χ2n) is 9.77. The number of amides is 5. The number of nitrogens with zero attached hydrogens (tertiary/aromatic N) is 2. The lowest BCUT2D eigenvalue weighted by atomic mass is 9.85. The monoisotopic (exact) mass is 451 g/mol. The first-order valence-corrected chi connectivity index (χ1v) is 12.1. The highest BCUT2D eigenvalue weighted by Gasteiger charge is 2.45. The molecule has 1 aromatic carbocycles. The lowest BCUT2D eigenvalue weighted by Gasteiger charge is -2.42. The fraction of sp³-hybridized carbons (Fsp3) is 0.560. The summed E-state index contributed by atoms with van der Waals surface area (Å²) in [5.74, 6) is -1.02. The first kappa shape index (κ1) is 21.8. The third kappa shape index (κ3) is 3.96. The Morgan fingerprint density at radius 2 is 1.73 bits per heavy atom. The lowest BCUT2D eigenvalue weighted by molar-refractivity contribution is -0.143. The van der Waals surface area contributed by atoms with Crippen LogP contribution in [-0.4, -0.2) is 58.5 Å². The highest BCUT2D eigenvalue weighted by atomic mass is 16.2. The largest absolute Gasteiger partial charge is 0.342 e. The number of carbonyl (C=O) groups is 5. The van der Waals surface area contributed by atoms with Gasteiger partial charge in [-0.2, -0.15) is 0 Å². The molecule has 3 fully saturated rings. The number of piperidine rings is 1. The predicted molar refractivity (Wildman–Crippen MR) is 118 cm³/mol. The van der Waals surface area contributed by atoms with Gasteiger partial charge in [0, 0.05) is 25.4 Å². The summed E-state index contributed by atoms with van der Waals surface area (Å²) >= 11 is 0. The molecule has 2 saturated heterocycles. The minimum absolute atomic E-state index is 0.106. The van der Waals surface area contributed by atoms with E-state index in [1.807, 2.05) is 11.0 Å². The van der Waals surface area contributed by atoms with Crippen LogP contribution in [0.4, 0.5) is 0 Å². The van der Waals surface area contributed by atoms with Crippen LogP contribution in [-0.2, 0) is 20.8 Å². The summed E-state index contributed by atoms with van der Waals surface area (Å²) in [6.07, 6.45) is 7.28. The van der Waals surface area contributed by atoms with Crippen molar-refractivity contribution in [3.8, 4) is 0 Å². The molecule has 174 valence electrons. The zero-order valence-electron chi connectivity index (χ0n) is 18.7. The molecule has 3 aliphatic heterocycles. The molecule has 0 radical (unpaired) electrons. The van der Waals surface area contributed by atoms with Crippen LogP contribution in [0.3, 0.4) is 0 Å². The Hall–Kier alpha value is -3.03. The second-order valence-corrected chi connectivity index (χ2v) is 9.77. The molecule has 0 bridgehead atoms. The van der Waals surface area contributed by atoms with Crippen LogP contribution in [0.15, 0.2) is 18.2 Å². The third-order valence-corrected chi connectivity index (χ3v) is 7.60. The molecule has 1 saturated carbocycles. The number of carbonyl (C=O) groups excluding carboxylic acids is 5. The summed E-state index contributed by atoms with van der Waals surface area (Å²) in [7, 11) is 0. The Morgan fingerprint density at radius 1 is 0.970 bits per heavy atom. The summed E-state index contributed by atoms with van der Waals surface area (Å²) in [5.41, 5.74) is 1.50. The maximum absolute atomic E-state index is 13.2. The Kier molecular flexibility index (Phi) is 5.76. The smallest absolute Gasteiger partial charge is 0.262 e. The van der Waals surface area contributed by atoms with Gasteiger partial charge in [-0.3, -0.25) is 34.2 Å². The molecule has 0 aromatic heterocycles. The van der Waals surface area contributed by atoms with Crippen LogP contribution >= 0.6 is 0 Å². The SMILES string of the molecule is O=C1CCC(N2C(=O)c3cccc(CCC4CN(C(=O)C5CCCCC5)C4)c3C2=O)C(=O)N1. The zero-order chi connectivity index (χ0) is 23.1. The van der Waals surface area contributed by atoms with Crippen molar-refractivity contribution in [1.29, 1.82) is 0 Å². The molecule has 8 heteroatoms. The van der Waals surface area contributed by atoms with Crippen molar-refractivity contribution >= 4 is 29.5 Å². The molecule has 1 N–H and O–H groups in total. The standard InChI is InChI=1S/C25H29N3O5/c29-20-12-11-19(22(30)26-20)28-24(32)18-8-4-7-16(21(18)25(28)33)10-9-15-13-27(14-15)23(31)17-5-2-1-3-6-17/h4,7-8,15,17,19H,1-3,5-6,9-14H2,(H,26,29,30). The molecule has 1 aliphatic carbocycles. The van der Waals surface area contributed by atoms with Crippen LogP contribution < -0.4 is 5.32 Å². The molecule has 0 spiro atoms. The molecule has 33 heavy (non-hydrogen) atoms. The number of nitrogens with one attached hydrogen (secondary N) is 1. The number of likely N-dealkylation sites (tertiary alicyclic amines) is 1. The van der Waals surface area contributed by atoms with Crippen LogP contribution in [0.2, 0.25) is 0 Å². The molecule has 5 amide bonds. The number of imide groups is 2. The van der Waals surface area contributed by atoms with E-state index in [9.17, 15) is 24.0 Å². The van der Waals surface area contributed by atoms with Gasteiger partial charge in [0.1, 0.15) is 6.04 Å². The van der Waals surface area contributed by atoms with Crippen LogP contribution in [0.5, 0.6) is 0 Å². The maximum atomic E-state index is 13.2. The fourth-order valence-corrected chi connectivity index (χ4v) is 5.69. The van der Waals surface area contributed by atoms with E-state index in [0.717, 1.165) is 55.7 Å². The van der Waals surface area contributed by atoms with Crippen molar-refractivity contribution in [2.75, 3.05) is 13.1 Å². The molecule has 8 nitrogen and oxygen atoms in total. The van der Waals surface area contributed by atoms with Crippen molar-refractivity contribution < 1.29 is 24.0 Å². The Labute approximate surface area is 192 Å². The summed E-state index contributed by atoms with van der Waals surface area (Å²) in [5, 5.41) is 2.22. The van der Waals surface area contributed by atoms with Crippen molar-refractivity contribution in [1.82, 2.24) is 15.1 Å². The Morgan fingerprint density at radius 3 is 2.45 bits per heavy atom. The van der Waals surface area contributed by atoms with Gasteiger partial charge in [-0.25, -0.2) is 0 Å². The van der Waals surface area contributed by atoms with Crippen LogP contribution in [0, 0.1) is 11.8 Å². The first-order chi connectivity index (χ1) is 15.9. The fourth-order valence-electron chi connectivity index (χ4n) is 5.69. The van der Waals surface area contributed by atoms with Gasteiger partial charge in [-0.15, -0.1) is 0 Å². The quantitative estimate of drug-likeness (QED) is 0.690. The van der Waals surface area contributed by atoms with E-state index < -0.39 is 23.8 Å². The zero-order valence-corrected chi connectivity index (χ0v) is 18.7. The minimum Gasteiger partial charge on any atom is -0.342 e. The van der Waals surface area contributed by atoms with E-state index in [1.165, 1.54) is 6.42 Å². The van der Waals surface area contributed by atoms with Crippen LogP contribution in [0.25, 0.3) is 0 Å². The Bertz CT molecular complexity index is 1020. The molecule has 3 heterocycles. The number of hydrogen-bond acceptors (Lipinski definition) is 5. The second kappa shape index (κ2) is 8.72. The summed E-state index contributed by atoms with van der Waals surface area (Å²) in [6, 6.07) is 4.31. The molecule has 1 unspecified atom stereocenters. The van der Waals surface area contributed by atoms with Gasteiger partial charge in [0.05, 0.1) is 11.1 Å². The van der Waals surface area contributed by atoms with Crippen LogP contribution in [0.1, 0.15) is 77.6 Å².